The Morgan fingerprint density at radius 1 is 1.29 bits per heavy atom. The minimum absolute atomic E-state index is 0.215. The summed E-state index contributed by atoms with van der Waals surface area (Å²) in [6, 6.07) is 0. The Morgan fingerprint density at radius 2 is 1.90 bits per heavy atom. The van der Waals surface area contributed by atoms with Crippen LogP contribution < -0.4 is 0 Å². The maximum atomic E-state index is 11.6. The van der Waals surface area contributed by atoms with E-state index in [1.165, 1.54) is 0 Å². The van der Waals surface area contributed by atoms with E-state index >= 15 is 0 Å². The lowest BCUT2D eigenvalue weighted by Gasteiger charge is -2.18. The maximum absolute atomic E-state index is 11.6. The molecule has 0 aliphatic heterocycles. The third kappa shape index (κ3) is 2.57. The van der Waals surface area contributed by atoms with Crippen LogP contribution in [0.3, 0.4) is 0 Å². The van der Waals surface area contributed by atoms with Crippen molar-refractivity contribution in [2.75, 3.05) is 0 Å². The average molecular weight is 290 g/mol. The summed E-state index contributed by atoms with van der Waals surface area (Å²) in [4.78, 5) is 11.6. The van der Waals surface area contributed by atoms with E-state index < -0.39 is 5.97 Å². The van der Waals surface area contributed by atoms with Crippen LogP contribution in [0.4, 0.5) is 0 Å². The second-order valence-electron chi connectivity index (χ2n) is 6.17. The molecule has 0 bridgehead atoms. The Labute approximate surface area is 124 Å². The smallest absolute Gasteiger partial charge is 0.339 e. The lowest BCUT2D eigenvalue weighted by Crippen LogP contribution is -2.22. The van der Waals surface area contributed by atoms with Gasteiger partial charge in [0.15, 0.2) is 0 Å². The number of aryl methyl sites for hydroxylation is 2. The van der Waals surface area contributed by atoms with Crippen molar-refractivity contribution in [3.63, 3.8) is 0 Å². The summed E-state index contributed by atoms with van der Waals surface area (Å²) in [6.07, 6.45) is 1.60. The van der Waals surface area contributed by atoms with Gasteiger partial charge in [-0.25, -0.2) is 4.79 Å². The number of nitrogens with zero attached hydrogens (tertiary/aromatic N) is 4. The number of aromatic carboxylic acids is 1. The van der Waals surface area contributed by atoms with Crippen molar-refractivity contribution in [2.24, 2.45) is 0 Å². The zero-order valence-corrected chi connectivity index (χ0v) is 13.4. The predicted octanol–water partition coefficient (Wildman–Crippen LogP) is 2.84. The van der Waals surface area contributed by atoms with Crippen LogP contribution in [0.5, 0.6) is 0 Å². The van der Waals surface area contributed by atoms with E-state index in [-0.39, 0.29) is 11.1 Å². The van der Waals surface area contributed by atoms with E-state index in [0.29, 0.717) is 5.69 Å². The zero-order chi connectivity index (χ0) is 15.9. The molecule has 0 radical (unpaired) electrons. The Bertz CT molecular complexity index is 689. The van der Waals surface area contributed by atoms with Gasteiger partial charge in [-0.2, -0.15) is 10.2 Å². The molecule has 0 spiro atoms. The van der Waals surface area contributed by atoms with Crippen molar-refractivity contribution < 1.29 is 9.90 Å². The largest absolute Gasteiger partial charge is 0.478 e. The van der Waals surface area contributed by atoms with Gasteiger partial charge >= 0.3 is 5.97 Å². The van der Waals surface area contributed by atoms with Gasteiger partial charge in [0, 0.05) is 24.0 Å². The highest BCUT2D eigenvalue weighted by Crippen LogP contribution is 2.30. The van der Waals surface area contributed by atoms with E-state index in [2.05, 4.69) is 10.2 Å². The van der Waals surface area contributed by atoms with Gasteiger partial charge in [0.05, 0.1) is 11.2 Å². The summed E-state index contributed by atoms with van der Waals surface area (Å²) in [6.45, 7) is 12.6. The van der Waals surface area contributed by atoms with E-state index in [4.69, 9.17) is 0 Å². The fourth-order valence-corrected chi connectivity index (χ4v) is 2.41. The highest BCUT2D eigenvalue weighted by atomic mass is 16.4. The summed E-state index contributed by atoms with van der Waals surface area (Å²) >= 11 is 0. The molecule has 2 heterocycles. The Kier molecular flexibility index (Phi) is 3.65. The van der Waals surface area contributed by atoms with E-state index in [9.17, 15) is 9.90 Å². The highest BCUT2D eigenvalue weighted by molar-refractivity contribution is 5.95. The van der Waals surface area contributed by atoms with Crippen LogP contribution in [0.25, 0.3) is 11.3 Å². The van der Waals surface area contributed by atoms with Crippen LogP contribution in [-0.4, -0.2) is 30.6 Å². The highest BCUT2D eigenvalue weighted by Gasteiger charge is 2.26. The number of carboxylic acids is 1. The molecule has 2 aromatic rings. The molecule has 6 nitrogen and oxygen atoms in total. The molecular formula is C15H22N4O2. The topological polar surface area (TPSA) is 72.9 Å². The molecular weight excluding hydrogens is 268 g/mol. The molecule has 0 unspecified atom stereocenters. The van der Waals surface area contributed by atoms with Gasteiger partial charge in [0.25, 0.3) is 0 Å². The fourth-order valence-electron chi connectivity index (χ4n) is 2.41. The van der Waals surface area contributed by atoms with Gasteiger partial charge in [0.1, 0.15) is 11.3 Å². The van der Waals surface area contributed by atoms with Crippen LogP contribution >= 0.6 is 0 Å². The summed E-state index contributed by atoms with van der Waals surface area (Å²) in [7, 11) is 0. The molecule has 0 saturated heterocycles. The fraction of sp³-hybridized carbons (Fsp3) is 0.533. The lowest BCUT2D eigenvalue weighted by molar-refractivity contribution is 0.0697. The van der Waals surface area contributed by atoms with Crippen LogP contribution in [-0.2, 0) is 12.1 Å². The number of carbonyl (C=O) groups is 1. The SMILES string of the molecule is CCn1nc(C)c(-c2nn(C(C)(C)C)cc2C(=O)O)c1C. The minimum atomic E-state index is -0.969. The van der Waals surface area contributed by atoms with Crippen molar-refractivity contribution >= 4 is 5.97 Å². The van der Waals surface area contributed by atoms with Crippen LogP contribution in [0.15, 0.2) is 6.20 Å². The Morgan fingerprint density at radius 3 is 2.33 bits per heavy atom. The molecule has 0 fully saturated rings. The Hall–Kier alpha value is -2.11. The monoisotopic (exact) mass is 290 g/mol. The molecule has 114 valence electrons. The van der Waals surface area contributed by atoms with Crippen molar-refractivity contribution in [3.8, 4) is 11.3 Å². The number of aromatic nitrogens is 4. The quantitative estimate of drug-likeness (QED) is 0.943. The number of hydrogen-bond donors (Lipinski definition) is 1. The molecule has 2 aromatic heterocycles. The van der Waals surface area contributed by atoms with Crippen molar-refractivity contribution in [1.82, 2.24) is 19.6 Å². The van der Waals surface area contributed by atoms with Gasteiger partial charge < -0.3 is 5.11 Å². The summed E-state index contributed by atoms with van der Waals surface area (Å²) < 4.78 is 3.57. The molecule has 0 aliphatic carbocycles. The van der Waals surface area contributed by atoms with Gasteiger partial charge in [-0.1, -0.05) is 0 Å². The first-order valence-electron chi connectivity index (χ1n) is 7.04. The van der Waals surface area contributed by atoms with E-state index in [1.807, 2.05) is 46.2 Å². The number of hydrogen-bond acceptors (Lipinski definition) is 3. The first-order valence-corrected chi connectivity index (χ1v) is 7.04. The van der Waals surface area contributed by atoms with Gasteiger partial charge in [-0.05, 0) is 41.5 Å². The zero-order valence-electron chi connectivity index (χ0n) is 13.4. The lowest BCUT2D eigenvalue weighted by atomic mass is 10.1. The maximum Gasteiger partial charge on any atom is 0.339 e. The Balaban J connectivity index is 2.71. The average Bonchev–Trinajstić information content (AvgIpc) is 2.90. The second-order valence-corrected chi connectivity index (χ2v) is 6.17. The number of carboxylic acid groups (broad SMARTS) is 1. The van der Waals surface area contributed by atoms with Crippen LogP contribution in [0, 0.1) is 13.8 Å². The molecule has 2 rings (SSSR count). The third-order valence-corrected chi connectivity index (χ3v) is 3.55. The normalized spacial score (nSPS) is 11.9. The van der Waals surface area contributed by atoms with Crippen LogP contribution in [0.2, 0.25) is 0 Å². The molecule has 0 atom stereocenters. The van der Waals surface area contributed by atoms with Crippen molar-refractivity contribution in [2.45, 2.75) is 53.6 Å². The van der Waals surface area contributed by atoms with Crippen LogP contribution in [0.1, 0.15) is 49.4 Å². The van der Waals surface area contributed by atoms with E-state index in [0.717, 1.165) is 23.5 Å². The number of rotatable bonds is 3. The van der Waals surface area contributed by atoms with Crippen molar-refractivity contribution in [1.29, 1.82) is 0 Å². The predicted molar refractivity (Wildman–Crippen MR) is 80.6 cm³/mol. The first kappa shape index (κ1) is 15.3. The summed E-state index contributed by atoms with van der Waals surface area (Å²) in [5.41, 5.74) is 2.99. The molecule has 0 aromatic carbocycles. The van der Waals surface area contributed by atoms with Gasteiger partial charge in [-0.3, -0.25) is 9.36 Å². The molecule has 21 heavy (non-hydrogen) atoms. The first-order chi connectivity index (χ1) is 9.66. The molecule has 0 amide bonds. The minimum Gasteiger partial charge on any atom is -0.478 e. The van der Waals surface area contributed by atoms with E-state index in [1.54, 1.807) is 10.9 Å². The molecule has 6 heteroatoms. The van der Waals surface area contributed by atoms with Gasteiger partial charge in [-0.15, -0.1) is 0 Å². The standard InChI is InChI=1S/C15H22N4O2/c1-7-18-10(3)12(9(2)16-18)13-11(14(20)21)8-19(17-13)15(4,5)6/h8H,7H2,1-6H3,(H,20,21). The summed E-state index contributed by atoms with van der Waals surface area (Å²) in [5.74, 6) is -0.969. The molecule has 1 N–H and O–H groups in total. The molecule has 0 aliphatic rings. The molecule has 0 saturated carbocycles. The van der Waals surface area contributed by atoms with Gasteiger partial charge in [0.2, 0.25) is 0 Å². The third-order valence-electron chi connectivity index (χ3n) is 3.55. The summed E-state index contributed by atoms with van der Waals surface area (Å²) in [5, 5.41) is 18.4. The van der Waals surface area contributed by atoms with Crippen molar-refractivity contribution in [3.05, 3.63) is 23.1 Å². The second kappa shape index (κ2) is 5.02.